The summed E-state index contributed by atoms with van der Waals surface area (Å²) in [7, 11) is 0. The minimum Gasteiger partial charge on any atom is -0.228 e. The van der Waals surface area contributed by atoms with E-state index in [9.17, 15) is 4.39 Å². The lowest BCUT2D eigenvalue weighted by molar-refractivity contribution is 0.582. The van der Waals surface area contributed by atoms with Crippen molar-refractivity contribution >= 4 is 6.08 Å². The van der Waals surface area contributed by atoms with Crippen LogP contribution in [0.15, 0.2) is 23.5 Å². The van der Waals surface area contributed by atoms with E-state index in [2.05, 4.69) is 15.0 Å². The zero-order valence-electron chi connectivity index (χ0n) is 8.39. The van der Waals surface area contributed by atoms with Crippen LogP contribution in [-0.4, -0.2) is 11.5 Å². The van der Waals surface area contributed by atoms with Gasteiger partial charge in [-0.3, -0.25) is 0 Å². The van der Waals surface area contributed by atoms with E-state index >= 15 is 0 Å². The first-order valence-corrected chi connectivity index (χ1v) is 4.53. The average Bonchev–Trinajstić information content (AvgIpc) is 2.20. The van der Waals surface area contributed by atoms with Gasteiger partial charge in [0.05, 0.1) is 0 Å². The Balaban J connectivity index is 2.60. The van der Waals surface area contributed by atoms with E-state index in [0.717, 1.165) is 11.1 Å². The van der Waals surface area contributed by atoms with Crippen molar-refractivity contribution in [1.29, 1.82) is 0 Å². The van der Waals surface area contributed by atoms with Crippen molar-refractivity contribution in [2.75, 3.05) is 6.54 Å². The molecule has 4 nitrogen and oxygen atoms in total. The molecule has 0 spiro atoms. The maximum absolute atomic E-state index is 12.6. The summed E-state index contributed by atoms with van der Waals surface area (Å²) in [5.41, 5.74) is 9.75. The number of azide groups is 1. The SMILES string of the molecule is Cc1cc(F)ncc1C=CCCN=[N+]=[N-]. The number of rotatable bonds is 4. The van der Waals surface area contributed by atoms with Gasteiger partial charge in [-0.2, -0.15) is 4.39 Å². The summed E-state index contributed by atoms with van der Waals surface area (Å²) in [6, 6.07) is 1.38. The monoisotopic (exact) mass is 206 g/mol. The van der Waals surface area contributed by atoms with E-state index in [1.54, 1.807) is 0 Å². The van der Waals surface area contributed by atoms with Crippen molar-refractivity contribution in [1.82, 2.24) is 4.98 Å². The molecule has 0 bridgehead atoms. The molecule has 0 aromatic carbocycles. The molecule has 0 fully saturated rings. The molecule has 0 saturated heterocycles. The van der Waals surface area contributed by atoms with Crippen LogP contribution in [-0.2, 0) is 0 Å². The van der Waals surface area contributed by atoms with Gasteiger partial charge in [0.2, 0.25) is 5.95 Å². The van der Waals surface area contributed by atoms with Gasteiger partial charge in [0.1, 0.15) is 0 Å². The molecule has 0 aliphatic carbocycles. The number of aryl methyl sites for hydroxylation is 1. The first-order chi connectivity index (χ1) is 7.24. The minimum atomic E-state index is -0.473. The van der Waals surface area contributed by atoms with Gasteiger partial charge in [0.25, 0.3) is 0 Å². The van der Waals surface area contributed by atoms with Crippen LogP contribution in [0, 0.1) is 12.9 Å². The summed E-state index contributed by atoms with van der Waals surface area (Å²) in [4.78, 5) is 6.19. The summed E-state index contributed by atoms with van der Waals surface area (Å²) in [5, 5.41) is 3.39. The van der Waals surface area contributed by atoms with E-state index in [-0.39, 0.29) is 0 Å². The maximum atomic E-state index is 12.6. The van der Waals surface area contributed by atoms with Gasteiger partial charge in [0.15, 0.2) is 0 Å². The third kappa shape index (κ3) is 3.79. The van der Waals surface area contributed by atoms with Crippen molar-refractivity contribution in [3.63, 3.8) is 0 Å². The zero-order valence-corrected chi connectivity index (χ0v) is 8.39. The highest BCUT2D eigenvalue weighted by Crippen LogP contribution is 2.09. The fraction of sp³-hybridized carbons (Fsp3) is 0.300. The van der Waals surface area contributed by atoms with Crippen LogP contribution < -0.4 is 0 Å². The van der Waals surface area contributed by atoms with Gasteiger partial charge >= 0.3 is 0 Å². The van der Waals surface area contributed by atoms with Crippen molar-refractivity contribution in [2.24, 2.45) is 5.11 Å². The Morgan fingerprint density at radius 1 is 1.67 bits per heavy atom. The standard InChI is InChI=1S/C10H11FN4/c1-8-6-10(11)13-7-9(8)4-2-3-5-14-15-12/h2,4,6-7H,3,5H2,1H3. The second-order valence-corrected chi connectivity index (χ2v) is 3.01. The second-order valence-electron chi connectivity index (χ2n) is 3.01. The lowest BCUT2D eigenvalue weighted by atomic mass is 10.1. The summed E-state index contributed by atoms with van der Waals surface area (Å²) >= 11 is 0. The number of hydrogen-bond acceptors (Lipinski definition) is 2. The van der Waals surface area contributed by atoms with Crippen molar-refractivity contribution in [3.05, 3.63) is 45.9 Å². The number of nitrogens with zero attached hydrogens (tertiary/aromatic N) is 4. The van der Waals surface area contributed by atoms with Gasteiger partial charge in [0, 0.05) is 17.7 Å². The molecule has 0 amide bonds. The van der Waals surface area contributed by atoms with Crippen LogP contribution in [0.5, 0.6) is 0 Å². The molecular weight excluding hydrogens is 195 g/mol. The largest absolute Gasteiger partial charge is 0.228 e. The molecule has 0 aliphatic rings. The van der Waals surface area contributed by atoms with Crippen LogP contribution in [0.4, 0.5) is 4.39 Å². The zero-order chi connectivity index (χ0) is 11.1. The predicted octanol–water partition coefficient (Wildman–Crippen LogP) is 3.24. The molecule has 15 heavy (non-hydrogen) atoms. The van der Waals surface area contributed by atoms with E-state index in [4.69, 9.17) is 5.53 Å². The average molecular weight is 206 g/mol. The molecule has 1 rings (SSSR count). The Labute approximate surface area is 87.1 Å². The highest BCUT2D eigenvalue weighted by Gasteiger charge is 1.96. The van der Waals surface area contributed by atoms with E-state index in [1.807, 2.05) is 19.1 Å². The van der Waals surface area contributed by atoms with E-state index in [1.165, 1.54) is 12.3 Å². The first-order valence-electron chi connectivity index (χ1n) is 4.53. The van der Waals surface area contributed by atoms with Gasteiger partial charge in [-0.1, -0.05) is 17.3 Å². The van der Waals surface area contributed by atoms with Crippen molar-refractivity contribution in [3.8, 4) is 0 Å². The van der Waals surface area contributed by atoms with Crippen LogP contribution in [0.2, 0.25) is 0 Å². The van der Waals surface area contributed by atoms with Crippen LogP contribution >= 0.6 is 0 Å². The highest BCUT2D eigenvalue weighted by atomic mass is 19.1. The lowest BCUT2D eigenvalue weighted by Gasteiger charge is -1.98. The Hall–Kier alpha value is -1.87. The molecular formula is C10H11FN4. The molecule has 1 aromatic rings. The molecule has 1 aromatic heterocycles. The summed E-state index contributed by atoms with van der Waals surface area (Å²) in [5.74, 6) is -0.473. The lowest BCUT2D eigenvalue weighted by Crippen LogP contribution is -1.87. The van der Waals surface area contributed by atoms with Crippen molar-refractivity contribution in [2.45, 2.75) is 13.3 Å². The Kier molecular flexibility index (Phi) is 4.31. The fourth-order valence-corrected chi connectivity index (χ4v) is 1.09. The van der Waals surface area contributed by atoms with E-state index < -0.39 is 5.95 Å². The minimum absolute atomic E-state index is 0.431. The van der Waals surface area contributed by atoms with Crippen LogP contribution in [0.25, 0.3) is 16.5 Å². The molecule has 0 saturated carbocycles. The Morgan fingerprint density at radius 2 is 2.47 bits per heavy atom. The maximum Gasteiger partial charge on any atom is 0.213 e. The quantitative estimate of drug-likeness (QED) is 0.245. The van der Waals surface area contributed by atoms with Gasteiger partial charge in [-0.25, -0.2) is 4.98 Å². The topological polar surface area (TPSA) is 61.7 Å². The second kappa shape index (κ2) is 5.78. The predicted molar refractivity (Wildman–Crippen MR) is 56.6 cm³/mol. The highest BCUT2D eigenvalue weighted by molar-refractivity contribution is 5.51. The van der Waals surface area contributed by atoms with Crippen LogP contribution in [0.1, 0.15) is 17.5 Å². The summed E-state index contributed by atoms with van der Waals surface area (Å²) in [6.07, 6.45) is 5.86. The third-order valence-electron chi connectivity index (χ3n) is 1.87. The van der Waals surface area contributed by atoms with Gasteiger partial charge in [-0.05, 0) is 36.1 Å². The third-order valence-corrected chi connectivity index (χ3v) is 1.87. The molecule has 0 N–H and O–H groups in total. The molecule has 1 heterocycles. The molecule has 0 aliphatic heterocycles. The van der Waals surface area contributed by atoms with Gasteiger partial charge < -0.3 is 0 Å². The Bertz CT molecular complexity index is 408. The van der Waals surface area contributed by atoms with Crippen LogP contribution in [0.3, 0.4) is 0 Å². The van der Waals surface area contributed by atoms with Gasteiger partial charge in [-0.15, -0.1) is 0 Å². The molecule has 5 heteroatoms. The smallest absolute Gasteiger partial charge is 0.213 e. The number of hydrogen-bond donors (Lipinski definition) is 0. The molecule has 0 radical (unpaired) electrons. The summed E-state index contributed by atoms with van der Waals surface area (Å²) < 4.78 is 12.6. The number of pyridine rings is 1. The van der Waals surface area contributed by atoms with E-state index in [0.29, 0.717) is 13.0 Å². The number of aromatic nitrogens is 1. The summed E-state index contributed by atoms with van der Waals surface area (Å²) in [6.45, 7) is 2.25. The molecule has 0 unspecified atom stereocenters. The number of halogens is 1. The fourth-order valence-electron chi connectivity index (χ4n) is 1.09. The van der Waals surface area contributed by atoms with Crippen molar-refractivity contribution < 1.29 is 4.39 Å². The first kappa shape index (κ1) is 11.2. The Morgan fingerprint density at radius 3 is 3.13 bits per heavy atom. The molecule has 78 valence electrons. The molecule has 0 atom stereocenters. The normalized spacial score (nSPS) is 10.3.